The molecule has 0 aromatic rings. The van der Waals surface area contributed by atoms with Crippen molar-refractivity contribution < 1.29 is 0 Å². The van der Waals surface area contributed by atoms with Gasteiger partial charge in [0, 0.05) is 6.04 Å². The molecular formula is C13H23N. The van der Waals surface area contributed by atoms with Crippen LogP contribution in [-0.2, 0) is 0 Å². The molecule has 2 saturated carbocycles. The van der Waals surface area contributed by atoms with E-state index in [1.54, 1.807) is 19.3 Å². The molecule has 0 radical (unpaired) electrons. The van der Waals surface area contributed by atoms with Crippen LogP contribution in [0.25, 0.3) is 0 Å². The van der Waals surface area contributed by atoms with Crippen LogP contribution in [0.1, 0.15) is 51.4 Å². The van der Waals surface area contributed by atoms with Gasteiger partial charge in [0.1, 0.15) is 0 Å². The Hall–Kier alpha value is -0.0400. The summed E-state index contributed by atoms with van der Waals surface area (Å²) in [6.45, 7) is 2.82. The van der Waals surface area contributed by atoms with E-state index in [1.807, 2.05) is 0 Å². The average molecular weight is 193 g/mol. The second-order valence-electron chi connectivity index (χ2n) is 5.60. The highest BCUT2D eigenvalue weighted by atomic mass is 15.2. The summed E-state index contributed by atoms with van der Waals surface area (Å²) in [7, 11) is 0. The van der Waals surface area contributed by atoms with Crippen LogP contribution in [0.5, 0.6) is 0 Å². The van der Waals surface area contributed by atoms with Crippen LogP contribution in [-0.4, -0.2) is 24.0 Å². The van der Waals surface area contributed by atoms with E-state index in [1.165, 1.54) is 45.2 Å². The number of hydrogen-bond acceptors (Lipinski definition) is 1. The Morgan fingerprint density at radius 3 is 2.43 bits per heavy atom. The van der Waals surface area contributed by atoms with Gasteiger partial charge in [-0.25, -0.2) is 0 Å². The first-order chi connectivity index (χ1) is 6.95. The Kier molecular flexibility index (Phi) is 2.53. The van der Waals surface area contributed by atoms with E-state index >= 15 is 0 Å². The van der Waals surface area contributed by atoms with Gasteiger partial charge in [-0.1, -0.05) is 19.3 Å². The molecule has 14 heavy (non-hydrogen) atoms. The topological polar surface area (TPSA) is 3.24 Å². The van der Waals surface area contributed by atoms with Crippen molar-refractivity contribution in [2.24, 2.45) is 11.8 Å². The fourth-order valence-electron chi connectivity index (χ4n) is 4.23. The zero-order valence-corrected chi connectivity index (χ0v) is 9.25. The third kappa shape index (κ3) is 1.50. The number of fused-ring (bicyclic) bond motifs is 1. The highest BCUT2D eigenvalue weighted by Crippen LogP contribution is 2.46. The summed E-state index contributed by atoms with van der Waals surface area (Å²) in [6.07, 6.45) is 12.1. The molecule has 1 heterocycles. The summed E-state index contributed by atoms with van der Waals surface area (Å²) in [5, 5.41) is 0. The monoisotopic (exact) mass is 193 g/mol. The summed E-state index contributed by atoms with van der Waals surface area (Å²) in [5.74, 6) is 2.23. The van der Waals surface area contributed by atoms with Crippen molar-refractivity contribution in [3.8, 4) is 0 Å². The van der Waals surface area contributed by atoms with Crippen LogP contribution in [0.15, 0.2) is 0 Å². The molecule has 3 aliphatic rings. The predicted octanol–water partition coefficient (Wildman–Crippen LogP) is 3.05. The van der Waals surface area contributed by atoms with E-state index in [9.17, 15) is 0 Å². The van der Waals surface area contributed by atoms with Crippen LogP contribution in [0.3, 0.4) is 0 Å². The van der Waals surface area contributed by atoms with E-state index in [0.717, 1.165) is 17.9 Å². The fourth-order valence-corrected chi connectivity index (χ4v) is 4.23. The highest BCUT2D eigenvalue weighted by molar-refractivity contribution is 4.94. The molecule has 0 bridgehead atoms. The van der Waals surface area contributed by atoms with E-state index < -0.39 is 0 Å². The molecule has 0 aromatic heterocycles. The van der Waals surface area contributed by atoms with Crippen LogP contribution in [0.4, 0.5) is 0 Å². The zero-order chi connectivity index (χ0) is 9.38. The maximum absolute atomic E-state index is 2.83. The quantitative estimate of drug-likeness (QED) is 0.618. The molecule has 80 valence electrons. The number of rotatable bonds is 1. The molecule has 3 rings (SSSR count). The summed E-state index contributed by atoms with van der Waals surface area (Å²) >= 11 is 0. The first-order valence-corrected chi connectivity index (χ1v) is 6.69. The predicted molar refractivity (Wildman–Crippen MR) is 59.3 cm³/mol. The molecular weight excluding hydrogens is 170 g/mol. The van der Waals surface area contributed by atoms with Crippen molar-refractivity contribution in [2.45, 2.75) is 57.4 Å². The van der Waals surface area contributed by atoms with E-state index in [-0.39, 0.29) is 0 Å². The smallest absolute Gasteiger partial charge is 0.0126 e. The van der Waals surface area contributed by atoms with Crippen LogP contribution in [0, 0.1) is 11.8 Å². The van der Waals surface area contributed by atoms with Gasteiger partial charge in [0.25, 0.3) is 0 Å². The Balaban J connectivity index is 1.66. The van der Waals surface area contributed by atoms with E-state index in [0.29, 0.717) is 0 Å². The third-order valence-corrected chi connectivity index (χ3v) is 4.90. The molecule has 1 heteroatoms. The van der Waals surface area contributed by atoms with Crippen LogP contribution < -0.4 is 0 Å². The Labute approximate surface area is 87.9 Å². The highest BCUT2D eigenvalue weighted by Gasteiger charge is 2.41. The zero-order valence-electron chi connectivity index (χ0n) is 9.25. The van der Waals surface area contributed by atoms with Crippen molar-refractivity contribution in [3.63, 3.8) is 0 Å². The number of hydrogen-bond donors (Lipinski definition) is 0. The molecule has 0 aromatic carbocycles. The molecule has 0 N–H and O–H groups in total. The molecule has 3 fully saturated rings. The number of likely N-dealkylation sites (tertiary alicyclic amines) is 1. The average Bonchev–Trinajstić information content (AvgIpc) is 2.79. The Morgan fingerprint density at radius 1 is 0.714 bits per heavy atom. The van der Waals surface area contributed by atoms with Crippen LogP contribution in [0.2, 0.25) is 0 Å². The summed E-state index contributed by atoms with van der Waals surface area (Å²) in [4.78, 5) is 2.83. The summed E-state index contributed by atoms with van der Waals surface area (Å²) in [6, 6.07) is 1.00. The fraction of sp³-hybridized carbons (Fsp3) is 1.00. The second kappa shape index (κ2) is 3.84. The van der Waals surface area contributed by atoms with Crippen LogP contribution >= 0.6 is 0 Å². The van der Waals surface area contributed by atoms with Gasteiger partial charge >= 0.3 is 0 Å². The molecule has 3 unspecified atom stereocenters. The molecule has 3 atom stereocenters. The van der Waals surface area contributed by atoms with Gasteiger partial charge in [-0.2, -0.15) is 0 Å². The minimum atomic E-state index is 1.00. The molecule has 0 amide bonds. The van der Waals surface area contributed by atoms with Gasteiger partial charge in [-0.05, 0) is 57.0 Å². The lowest BCUT2D eigenvalue weighted by Crippen LogP contribution is -2.41. The number of piperidine rings is 1. The standard InChI is InChI=1S/C13H23N/c1-2-9-14(10-3-1)13-8-7-11-5-4-6-12(11)13/h11-13H,1-10H2. The summed E-state index contributed by atoms with van der Waals surface area (Å²) in [5.41, 5.74) is 0. The lowest BCUT2D eigenvalue weighted by Gasteiger charge is -2.35. The van der Waals surface area contributed by atoms with Crippen molar-refractivity contribution in [1.29, 1.82) is 0 Å². The third-order valence-electron chi connectivity index (χ3n) is 4.90. The minimum Gasteiger partial charge on any atom is -0.300 e. The minimum absolute atomic E-state index is 1.00. The summed E-state index contributed by atoms with van der Waals surface area (Å²) < 4.78 is 0. The second-order valence-corrected chi connectivity index (χ2v) is 5.60. The van der Waals surface area contributed by atoms with Gasteiger partial charge in [-0.15, -0.1) is 0 Å². The largest absolute Gasteiger partial charge is 0.300 e. The molecule has 1 saturated heterocycles. The molecule has 1 aliphatic heterocycles. The Morgan fingerprint density at radius 2 is 1.57 bits per heavy atom. The van der Waals surface area contributed by atoms with Gasteiger partial charge in [0.2, 0.25) is 0 Å². The first-order valence-electron chi connectivity index (χ1n) is 6.69. The lowest BCUT2D eigenvalue weighted by molar-refractivity contribution is 0.128. The van der Waals surface area contributed by atoms with Crippen molar-refractivity contribution in [1.82, 2.24) is 4.90 Å². The molecule has 2 aliphatic carbocycles. The molecule has 0 spiro atoms. The van der Waals surface area contributed by atoms with Crippen molar-refractivity contribution in [3.05, 3.63) is 0 Å². The molecule has 1 nitrogen and oxygen atoms in total. The van der Waals surface area contributed by atoms with Crippen molar-refractivity contribution >= 4 is 0 Å². The van der Waals surface area contributed by atoms with Gasteiger partial charge in [0.15, 0.2) is 0 Å². The van der Waals surface area contributed by atoms with Crippen molar-refractivity contribution in [2.75, 3.05) is 13.1 Å². The Bertz CT molecular complexity index is 195. The van der Waals surface area contributed by atoms with Gasteiger partial charge < -0.3 is 4.90 Å². The van der Waals surface area contributed by atoms with E-state index in [2.05, 4.69) is 4.90 Å². The number of nitrogens with zero attached hydrogens (tertiary/aromatic N) is 1. The van der Waals surface area contributed by atoms with Gasteiger partial charge in [-0.3, -0.25) is 0 Å². The maximum atomic E-state index is 2.83. The lowest BCUT2D eigenvalue weighted by atomic mass is 9.95. The van der Waals surface area contributed by atoms with E-state index in [4.69, 9.17) is 0 Å². The SMILES string of the molecule is C1CCN(C2CCC3CCCC32)CC1. The van der Waals surface area contributed by atoms with Gasteiger partial charge in [0.05, 0.1) is 0 Å². The first kappa shape index (κ1) is 9.21. The maximum Gasteiger partial charge on any atom is 0.0126 e. The normalized spacial score (nSPS) is 44.1.